The number of hydrogen-bond acceptors (Lipinski definition) is 2. The van der Waals surface area contributed by atoms with Crippen molar-refractivity contribution in [3.63, 3.8) is 0 Å². The summed E-state index contributed by atoms with van der Waals surface area (Å²) in [5.74, 6) is 1.32. The van der Waals surface area contributed by atoms with Crippen LogP contribution in [0.25, 0.3) is 0 Å². The van der Waals surface area contributed by atoms with Gasteiger partial charge < -0.3 is 9.64 Å². The van der Waals surface area contributed by atoms with Gasteiger partial charge in [0.15, 0.2) is 0 Å². The van der Waals surface area contributed by atoms with E-state index in [-0.39, 0.29) is 6.09 Å². The zero-order chi connectivity index (χ0) is 14.1. The standard InChI is InChI=1S/C16H31NO2/c1-4-12-19-16(18)17(11-10-14(2)3)13-15-8-6-5-7-9-15/h14-15H,4-13H2,1-3H3. The number of nitrogens with zero attached hydrogens (tertiary/aromatic N) is 1. The van der Waals surface area contributed by atoms with E-state index in [4.69, 9.17) is 4.74 Å². The number of amides is 1. The molecule has 0 aromatic carbocycles. The lowest BCUT2D eigenvalue weighted by atomic mass is 9.89. The van der Waals surface area contributed by atoms with Gasteiger partial charge in [0.25, 0.3) is 0 Å². The summed E-state index contributed by atoms with van der Waals surface area (Å²) in [5.41, 5.74) is 0. The molecule has 1 fully saturated rings. The van der Waals surface area contributed by atoms with Gasteiger partial charge in [-0.25, -0.2) is 4.79 Å². The van der Waals surface area contributed by atoms with E-state index in [1.54, 1.807) is 0 Å². The second kappa shape index (κ2) is 9.22. The van der Waals surface area contributed by atoms with Crippen LogP contribution < -0.4 is 0 Å². The molecule has 0 saturated heterocycles. The maximum atomic E-state index is 12.1. The van der Waals surface area contributed by atoms with Crippen LogP contribution in [0, 0.1) is 11.8 Å². The highest BCUT2D eigenvalue weighted by Gasteiger charge is 2.21. The Morgan fingerprint density at radius 2 is 1.95 bits per heavy atom. The Hall–Kier alpha value is -0.730. The molecule has 0 aromatic rings. The second-order valence-electron chi connectivity index (χ2n) is 6.25. The lowest BCUT2D eigenvalue weighted by Crippen LogP contribution is -2.37. The van der Waals surface area contributed by atoms with Crippen LogP contribution >= 0.6 is 0 Å². The van der Waals surface area contributed by atoms with Crippen molar-refractivity contribution in [3.05, 3.63) is 0 Å². The third-order valence-electron chi connectivity index (χ3n) is 3.87. The van der Waals surface area contributed by atoms with Gasteiger partial charge in [-0.2, -0.15) is 0 Å². The fourth-order valence-corrected chi connectivity index (χ4v) is 2.63. The molecule has 0 aromatic heterocycles. The van der Waals surface area contributed by atoms with Gasteiger partial charge in [-0.05, 0) is 37.5 Å². The van der Waals surface area contributed by atoms with E-state index in [1.807, 2.05) is 11.8 Å². The summed E-state index contributed by atoms with van der Waals surface area (Å²) in [6.45, 7) is 8.73. The summed E-state index contributed by atoms with van der Waals surface area (Å²) >= 11 is 0. The molecule has 19 heavy (non-hydrogen) atoms. The molecule has 0 spiro atoms. The van der Waals surface area contributed by atoms with Crippen molar-refractivity contribution >= 4 is 6.09 Å². The van der Waals surface area contributed by atoms with Crippen LogP contribution in [-0.2, 0) is 4.74 Å². The first-order valence-electron chi connectivity index (χ1n) is 8.05. The van der Waals surface area contributed by atoms with Crippen molar-refractivity contribution < 1.29 is 9.53 Å². The highest BCUT2D eigenvalue weighted by atomic mass is 16.6. The minimum atomic E-state index is -0.104. The van der Waals surface area contributed by atoms with Crippen molar-refractivity contribution in [2.45, 2.75) is 65.7 Å². The summed E-state index contributed by atoms with van der Waals surface area (Å²) in [4.78, 5) is 14.0. The lowest BCUT2D eigenvalue weighted by molar-refractivity contribution is 0.0908. The summed E-state index contributed by atoms with van der Waals surface area (Å²) in [6, 6.07) is 0. The predicted molar refractivity (Wildman–Crippen MR) is 79.2 cm³/mol. The molecular weight excluding hydrogens is 238 g/mol. The van der Waals surface area contributed by atoms with Gasteiger partial charge in [-0.1, -0.05) is 40.0 Å². The van der Waals surface area contributed by atoms with Crippen LogP contribution in [0.1, 0.15) is 65.7 Å². The zero-order valence-corrected chi connectivity index (χ0v) is 13.0. The largest absolute Gasteiger partial charge is 0.449 e. The Balaban J connectivity index is 2.44. The fourth-order valence-electron chi connectivity index (χ4n) is 2.63. The molecule has 3 heteroatoms. The van der Waals surface area contributed by atoms with E-state index in [9.17, 15) is 4.79 Å². The predicted octanol–water partition coefficient (Wildman–Crippen LogP) is 4.46. The van der Waals surface area contributed by atoms with E-state index in [0.29, 0.717) is 18.4 Å². The van der Waals surface area contributed by atoms with E-state index in [0.717, 1.165) is 25.9 Å². The molecule has 0 bridgehead atoms. The maximum absolute atomic E-state index is 12.1. The molecule has 0 heterocycles. The Kier molecular flexibility index (Phi) is 7.92. The molecule has 1 aliphatic carbocycles. The van der Waals surface area contributed by atoms with Gasteiger partial charge in [0.1, 0.15) is 0 Å². The molecule has 0 unspecified atom stereocenters. The van der Waals surface area contributed by atoms with Gasteiger partial charge in [0.05, 0.1) is 6.61 Å². The van der Waals surface area contributed by atoms with Gasteiger partial charge in [-0.3, -0.25) is 0 Å². The Morgan fingerprint density at radius 1 is 1.26 bits per heavy atom. The Labute approximate surface area is 118 Å². The minimum Gasteiger partial charge on any atom is -0.449 e. The monoisotopic (exact) mass is 269 g/mol. The topological polar surface area (TPSA) is 29.5 Å². The van der Waals surface area contributed by atoms with Crippen molar-refractivity contribution in [2.24, 2.45) is 11.8 Å². The first-order valence-corrected chi connectivity index (χ1v) is 8.05. The summed E-state index contributed by atoms with van der Waals surface area (Å²) in [7, 11) is 0. The SMILES string of the molecule is CCCOC(=O)N(CCC(C)C)CC1CCCCC1. The van der Waals surface area contributed by atoms with E-state index < -0.39 is 0 Å². The van der Waals surface area contributed by atoms with E-state index in [1.165, 1.54) is 32.1 Å². The first-order chi connectivity index (χ1) is 9.13. The molecule has 0 aliphatic heterocycles. The van der Waals surface area contributed by atoms with Gasteiger partial charge in [0, 0.05) is 13.1 Å². The normalized spacial score (nSPS) is 16.6. The van der Waals surface area contributed by atoms with Crippen LogP contribution in [0.2, 0.25) is 0 Å². The number of carbonyl (C=O) groups excluding carboxylic acids is 1. The average Bonchev–Trinajstić information content (AvgIpc) is 2.41. The minimum absolute atomic E-state index is 0.104. The molecule has 0 atom stereocenters. The van der Waals surface area contributed by atoms with Gasteiger partial charge in [-0.15, -0.1) is 0 Å². The molecule has 112 valence electrons. The van der Waals surface area contributed by atoms with Gasteiger partial charge in [0.2, 0.25) is 0 Å². The third kappa shape index (κ3) is 6.84. The molecule has 3 nitrogen and oxygen atoms in total. The second-order valence-corrected chi connectivity index (χ2v) is 6.25. The molecule has 1 amide bonds. The number of hydrogen-bond donors (Lipinski definition) is 0. The molecule has 1 aliphatic rings. The fraction of sp³-hybridized carbons (Fsp3) is 0.938. The average molecular weight is 269 g/mol. The zero-order valence-electron chi connectivity index (χ0n) is 13.0. The Morgan fingerprint density at radius 3 is 2.53 bits per heavy atom. The van der Waals surface area contributed by atoms with Crippen LogP contribution in [0.15, 0.2) is 0 Å². The summed E-state index contributed by atoms with van der Waals surface area (Å²) < 4.78 is 5.31. The summed E-state index contributed by atoms with van der Waals surface area (Å²) in [6.07, 6.45) is 8.43. The number of ether oxygens (including phenoxy) is 1. The van der Waals surface area contributed by atoms with Crippen LogP contribution in [-0.4, -0.2) is 30.7 Å². The van der Waals surface area contributed by atoms with Crippen LogP contribution in [0.4, 0.5) is 4.79 Å². The first kappa shape index (κ1) is 16.3. The Bertz CT molecular complexity index is 247. The molecule has 1 saturated carbocycles. The lowest BCUT2D eigenvalue weighted by Gasteiger charge is -2.29. The van der Waals surface area contributed by atoms with Gasteiger partial charge >= 0.3 is 6.09 Å². The van der Waals surface area contributed by atoms with Crippen molar-refractivity contribution in [1.29, 1.82) is 0 Å². The van der Waals surface area contributed by atoms with Crippen LogP contribution in [0.3, 0.4) is 0 Å². The van der Waals surface area contributed by atoms with Crippen molar-refractivity contribution in [3.8, 4) is 0 Å². The van der Waals surface area contributed by atoms with Crippen molar-refractivity contribution in [2.75, 3.05) is 19.7 Å². The van der Waals surface area contributed by atoms with Crippen LogP contribution in [0.5, 0.6) is 0 Å². The highest BCUT2D eigenvalue weighted by molar-refractivity contribution is 5.67. The molecule has 0 radical (unpaired) electrons. The van der Waals surface area contributed by atoms with E-state index >= 15 is 0 Å². The molecular formula is C16H31NO2. The number of carbonyl (C=O) groups is 1. The molecule has 0 N–H and O–H groups in total. The molecule has 1 rings (SSSR count). The maximum Gasteiger partial charge on any atom is 0.409 e. The highest BCUT2D eigenvalue weighted by Crippen LogP contribution is 2.24. The summed E-state index contributed by atoms with van der Waals surface area (Å²) in [5, 5.41) is 0. The van der Waals surface area contributed by atoms with Crippen molar-refractivity contribution in [1.82, 2.24) is 4.90 Å². The van der Waals surface area contributed by atoms with E-state index in [2.05, 4.69) is 13.8 Å². The quantitative estimate of drug-likeness (QED) is 0.683. The third-order valence-corrected chi connectivity index (χ3v) is 3.87. The smallest absolute Gasteiger partial charge is 0.409 e. The number of rotatable bonds is 7.